The number of nitrogens with two attached hydrogens (primary N) is 1. The van der Waals surface area contributed by atoms with Crippen molar-refractivity contribution in [1.82, 2.24) is 19.7 Å². The molecule has 0 amide bonds. The molecule has 0 spiro atoms. The van der Waals surface area contributed by atoms with Crippen LogP contribution in [0.2, 0.25) is 0 Å². The number of nitrogens with zero attached hydrogens (tertiary/aromatic N) is 4. The fraction of sp³-hybridized carbons (Fsp3) is 0.545. The summed E-state index contributed by atoms with van der Waals surface area (Å²) < 4.78 is 12.3. The lowest BCUT2D eigenvalue weighted by molar-refractivity contribution is 0.0962. The Kier molecular flexibility index (Phi) is 3.44. The van der Waals surface area contributed by atoms with Gasteiger partial charge in [-0.3, -0.25) is 0 Å². The molecule has 0 aromatic carbocycles. The number of aromatic nitrogens is 4. The van der Waals surface area contributed by atoms with Gasteiger partial charge in [0.25, 0.3) is 5.89 Å². The third kappa shape index (κ3) is 2.57. The van der Waals surface area contributed by atoms with Crippen molar-refractivity contribution >= 4 is 0 Å². The summed E-state index contributed by atoms with van der Waals surface area (Å²) in [7, 11) is 1.87. The quantitative estimate of drug-likeness (QED) is 0.840. The molecule has 0 saturated carbocycles. The Morgan fingerprint density at radius 2 is 2.33 bits per heavy atom. The third-order valence-corrected chi connectivity index (χ3v) is 2.47. The standard InChI is InChI=1S/C11H17N5O2/c1-4-17-6-11(2,12)10-14-9(18-15-10)8-5-16(3)7-13-8/h5,7H,4,6,12H2,1-3H3. The molecule has 2 heterocycles. The van der Waals surface area contributed by atoms with E-state index in [1.165, 1.54) is 0 Å². The van der Waals surface area contributed by atoms with Crippen molar-refractivity contribution in [3.05, 3.63) is 18.3 Å². The zero-order valence-electron chi connectivity index (χ0n) is 10.8. The van der Waals surface area contributed by atoms with Crippen LogP contribution in [0.3, 0.4) is 0 Å². The lowest BCUT2D eigenvalue weighted by atomic mass is 10.1. The Labute approximate surface area is 105 Å². The van der Waals surface area contributed by atoms with Crippen LogP contribution in [-0.2, 0) is 17.3 Å². The van der Waals surface area contributed by atoms with Gasteiger partial charge >= 0.3 is 0 Å². The zero-order valence-corrected chi connectivity index (χ0v) is 10.8. The molecule has 0 fully saturated rings. The molecule has 2 rings (SSSR count). The maximum absolute atomic E-state index is 6.09. The summed E-state index contributed by atoms with van der Waals surface area (Å²) in [6.45, 7) is 4.64. The molecule has 2 aromatic heterocycles. The summed E-state index contributed by atoms with van der Waals surface area (Å²) in [6.07, 6.45) is 3.47. The molecule has 7 nitrogen and oxygen atoms in total. The van der Waals surface area contributed by atoms with Gasteiger partial charge in [-0.1, -0.05) is 5.16 Å². The maximum atomic E-state index is 6.09. The number of ether oxygens (including phenoxy) is 1. The van der Waals surface area contributed by atoms with Gasteiger partial charge in [-0.05, 0) is 13.8 Å². The normalized spacial score (nSPS) is 14.7. The molecular formula is C11H17N5O2. The van der Waals surface area contributed by atoms with Gasteiger partial charge in [-0.25, -0.2) is 4.98 Å². The van der Waals surface area contributed by atoms with Gasteiger partial charge in [0.1, 0.15) is 11.2 Å². The predicted octanol–water partition coefficient (Wildman–Crippen LogP) is 0.680. The SMILES string of the molecule is CCOCC(C)(N)c1noc(-c2cn(C)cn2)n1. The first-order chi connectivity index (χ1) is 8.53. The molecule has 1 unspecified atom stereocenters. The summed E-state index contributed by atoms with van der Waals surface area (Å²) in [6, 6.07) is 0. The fourth-order valence-electron chi connectivity index (χ4n) is 1.46. The average Bonchev–Trinajstić information content (AvgIpc) is 2.94. The second-order valence-corrected chi connectivity index (χ2v) is 4.40. The van der Waals surface area contributed by atoms with E-state index in [1.54, 1.807) is 24.0 Å². The maximum Gasteiger partial charge on any atom is 0.278 e. The lowest BCUT2D eigenvalue weighted by Gasteiger charge is -2.19. The van der Waals surface area contributed by atoms with Crippen LogP contribution < -0.4 is 5.73 Å². The highest BCUT2D eigenvalue weighted by Crippen LogP contribution is 2.19. The van der Waals surface area contributed by atoms with Crippen molar-refractivity contribution in [3.8, 4) is 11.6 Å². The predicted molar refractivity (Wildman–Crippen MR) is 64.5 cm³/mol. The second-order valence-electron chi connectivity index (χ2n) is 4.40. The summed E-state index contributed by atoms with van der Waals surface area (Å²) in [5.74, 6) is 0.773. The minimum atomic E-state index is -0.771. The van der Waals surface area contributed by atoms with Gasteiger partial charge in [0.15, 0.2) is 5.82 Å². The first kappa shape index (κ1) is 12.7. The Morgan fingerprint density at radius 1 is 1.56 bits per heavy atom. The number of aryl methyl sites for hydroxylation is 1. The van der Waals surface area contributed by atoms with Gasteiger partial charge in [0.2, 0.25) is 0 Å². The van der Waals surface area contributed by atoms with Gasteiger partial charge in [-0.2, -0.15) is 4.98 Å². The van der Waals surface area contributed by atoms with Crippen LogP contribution in [0.25, 0.3) is 11.6 Å². The molecule has 2 aromatic rings. The van der Waals surface area contributed by atoms with Crippen molar-refractivity contribution < 1.29 is 9.26 Å². The van der Waals surface area contributed by atoms with Gasteiger partial charge in [0.05, 0.1) is 12.9 Å². The number of hydrogen-bond donors (Lipinski definition) is 1. The van der Waals surface area contributed by atoms with Crippen LogP contribution in [0.15, 0.2) is 17.0 Å². The first-order valence-electron chi connectivity index (χ1n) is 5.72. The van der Waals surface area contributed by atoms with E-state index in [-0.39, 0.29) is 0 Å². The fourth-order valence-corrected chi connectivity index (χ4v) is 1.46. The van der Waals surface area contributed by atoms with Crippen molar-refractivity contribution in [3.63, 3.8) is 0 Å². The van der Waals surface area contributed by atoms with E-state index >= 15 is 0 Å². The highest BCUT2D eigenvalue weighted by Gasteiger charge is 2.28. The topological polar surface area (TPSA) is 92.0 Å². The minimum absolute atomic E-state index is 0.338. The van der Waals surface area contributed by atoms with E-state index in [0.717, 1.165) is 0 Å². The van der Waals surface area contributed by atoms with E-state index in [2.05, 4.69) is 15.1 Å². The van der Waals surface area contributed by atoms with Crippen molar-refractivity contribution in [2.75, 3.05) is 13.2 Å². The smallest absolute Gasteiger partial charge is 0.278 e. The highest BCUT2D eigenvalue weighted by molar-refractivity contribution is 5.44. The molecule has 2 N–H and O–H groups in total. The number of imidazole rings is 1. The third-order valence-electron chi connectivity index (χ3n) is 2.47. The molecule has 7 heteroatoms. The van der Waals surface area contributed by atoms with E-state index in [0.29, 0.717) is 30.6 Å². The van der Waals surface area contributed by atoms with E-state index < -0.39 is 5.54 Å². The van der Waals surface area contributed by atoms with Gasteiger partial charge in [-0.15, -0.1) is 0 Å². The van der Waals surface area contributed by atoms with Crippen LogP contribution in [0.4, 0.5) is 0 Å². The van der Waals surface area contributed by atoms with Crippen LogP contribution in [-0.4, -0.2) is 32.9 Å². The molecule has 0 saturated heterocycles. The summed E-state index contributed by atoms with van der Waals surface area (Å²) in [5.41, 5.74) is 5.94. The van der Waals surface area contributed by atoms with Gasteiger partial charge in [0, 0.05) is 19.9 Å². The molecule has 18 heavy (non-hydrogen) atoms. The summed E-state index contributed by atoms with van der Waals surface area (Å²) in [5, 5.41) is 3.89. The molecule has 0 aliphatic rings. The highest BCUT2D eigenvalue weighted by atomic mass is 16.5. The number of hydrogen-bond acceptors (Lipinski definition) is 6. The summed E-state index contributed by atoms with van der Waals surface area (Å²) in [4.78, 5) is 8.40. The number of rotatable bonds is 5. The average molecular weight is 251 g/mol. The van der Waals surface area contributed by atoms with Crippen LogP contribution >= 0.6 is 0 Å². The molecule has 0 radical (unpaired) electrons. The molecule has 0 aliphatic carbocycles. The van der Waals surface area contributed by atoms with E-state index in [9.17, 15) is 0 Å². The second kappa shape index (κ2) is 4.87. The van der Waals surface area contributed by atoms with Crippen LogP contribution in [0, 0.1) is 0 Å². The lowest BCUT2D eigenvalue weighted by Crippen LogP contribution is -2.39. The van der Waals surface area contributed by atoms with E-state index in [1.807, 2.05) is 14.0 Å². The van der Waals surface area contributed by atoms with Gasteiger partial charge < -0.3 is 19.6 Å². The molecule has 1 atom stereocenters. The van der Waals surface area contributed by atoms with Crippen molar-refractivity contribution in [1.29, 1.82) is 0 Å². The van der Waals surface area contributed by atoms with Crippen molar-refractivity contribution in [2.24, 2.45) is 12.8 Å². The molecule has 98 valence electrons. The van der Waals surface area contributed by atoms with Crippen LogP contribution in [0.5, 0.6) is 0 Å². The Morgan fingerprint density at radius 3 is 2.94 bits per heavy atom. The van der Waals surface area contributed by atoms with Crippen molar-refractivity contribution in [2.45, 2.75) is 19.4 Å². The summed E-state index contributed by atoms with van der Waals surface area (Å²) >= 11 is 0. The van der Waals surface area contributed by atoms with Crippen LogP contribution in [0.1, 0.15) is 19.7 Å². The molecule has 0 aliphatic heterocycles. The minimum Gasteiger partial charge on any atom is -0.379 e. The molecule has 0 bridgehead atoms. The molecular weight excluding hydrogens is 234 g/mol. The largest absolute Gasteiger partial charge is 0.379 e. The Balaban J connectivity index is 2.19. The van der Waals surface area contributed by atoms with E-state index in [4.69, 9.17) is 15.0 Å². The Bertz CT molecular complexity index is 517. The monoisotopic (exact) mass is 251 g/mol. The Hall–Kier alpha value is -1.73. The first-order valence-corrected chi connectivity index (χ1v) is 5.72. The zero-order chi connectivity index (χ0) is 13.2.